The number of nitrogens with zero attached hydrogens (tertiary/aromatic N) is 5. The quantitative estimate of drug-likeness (QED) is 0.723. The molecule has 1 atom stereocenters. The molecule has 2 aromatic heterocycles. The van der Waals surface area contributed by atoms with Crippen LogP contribution in [0.3, 0.4) is 0 Å². The molecule has 146 valence electrons. The summed E-state index contributed by atoms with van der Waals surface area (Å²) in [6.45, 7) is 5.35. The summed E-state index contributed by atoms with van der Waals surface area (Å²) in [6.07, 6.45) is 4.95. The fraction of sp³-hybridized carbons (Fsp3) is 0.400. The van der Waals surface area contributed by atoms with Crippen LogP contribution in [0.2, 0.25) is 0 Å². The van der Waals surface area contributed by atoms with E-state index in [-0.39, 0.29) is 24.2 Å². The highest BCUT2D eigenvalue weighted by Gasteiger charge is 2.22. The van der Waals surface area contributed by atoms with Crippen molar-refractivity contribution in [2.45, 2.75) is 45.8 Å². The zero-order valence-electron chi connectivity index (χ0n) is 16.1. The van der Waals surface area contributed by atoms with Crippen molar-refractivity contribution in [1.29, 1.82) is 0 Å². The molecule has 1 N–H and O–H groups in total. The van der Waals surface area contributed by atoms with E-state index in [4.69, 9.17) is 0 Å². The lowest BCUT2D eigenvalue weighted by atomic mass is 10.00. The first-order valence-electron chi connectivity index (χ1n) is 9.62. The van der Waals surface area contributed by atoms with Crippen LogP contribution < -0.4 is 15.9 Å². The lowest BCUT2D eigenvalue weighted by Gasteiger charge is -2.29. The van der Waals surface area contributed by atoms with Crippen molar-refractivity contribution in [2.24, 2.45) is 0 Å². The summed E-state index contributed by atoms with van der Waals surface area (Å²) in [5.41, 5.74) is 2.74. The normalized spacial score (nSPS) is 14.7. The van der Waals surface area contributed by atoms with Gasteiger partial charge in [-0.1, -0.05) is 31.2 Å². The number of carbonyl (C=O) groups is 1. The largest absolute Gasteiger partial charge is 0.352 e. The van der Waals surface area contributed by atoms with Crippen LogP contribution in [-0.4, -0.2) is 37.7 Å². The minimum absolute atomic E-state index is 0.0610. The zero-order chi connectivity index (χ0) is 19.7. The second-order valence-corrected chi connectivity index (χ2v) is 7.20. The maximum Gasteiger partial charge on any atom is 0.350 e. The molecule has 0 fully saturated rings. The Labute approximate surface area is 162 Å². The number of hydrogen-bond donors (Lipinski definition) is 1. The molecule has 0 saturated heterocycles. The van der Waals surface area contributed by atoms with Gasteiger partial charge in [-0.15, -0.1) is 5.10 Å². The molecule has 28 heavy (non-hydrogen) atoms. The summed E-state index contributed by atoms with van der Waals surface area (Å²) in [5, 5.41) is 7.28. The van der Waals surface area contributed by atoms with Crippen LogP contribution in [0.5, 0.6) is 0 Å². The van der Waals surface area contributed by atoms with Gasteiger partial charge in [-0.2, -0.15) is 0 Å². The maximum absolute atomic E-state index is 12.7. The van der Waals surface area contributed by atoms with E-state index >= 15 is 0 Å². The summed E-state index contributed by atoms with van der Waals surface area (Å²) >= 11 is 0. The van der Waals surface area contributed by atoms with Gasteiger partial charge in [-0.25, -0.2) is 18.9 Å². The number of aromatic nitrogens is 4. The van der Waals surface area contributed by atoms with E-state index in [0.29, 0.717) is 11.5 Å². The van der Waals surface area contributed by atoms with E-state index < -0.39 is 0 Å². The molecular formula is C20H24N6O2. The molecular weight excluding hydrogens is 356 g/mol. The summed E-state index contributed by atoms with van der Waals surface area (Å²) in [7, 11) is 0. The Morgan fingerprint density at radius 3 is 2.86 bits per heavy atom. The van der Waals surface area contributed by atoms with Crippen LogP contribution in [0.1, 0.15) is 31.4 Å². The van der Waals surface area contributed by atoms with Crippen LogP contribution in [0.15, 0.2) is 41.5 Å². The van der Waals surface area contributed by atoms with Gasteiger partial charge < -0.3 is 10.2 Å². The molecule has 1 amide bonds. The number of hydrogen-bond acceptors (Lipinski definition) is 5. The van der Waals surface area contributed by atoms with Crippen molar-refractivity contribution in [3.05, 3.63) is 58.3 Å². The summed E-state index contributed by atoms with van der Waals surface area (Å²) in [6, 6.07) is 8.41. The van der Waals surface area contributed by atoms with Crippen LogP contribution >= 0.6 is 0 Å². The molecule has 1 aromatic carbocycles. The molecule has 0 spiro atoms. The van der Waals surface area contributed by atoms with Gasteiger partial charge in [0.2, 0.25) is 11.6 Å². The fourth-order valence-electron chi connectivity index (χ4n) is 3.50. The Morgan fingerprint density at radius 1 is 1.29 bits per heavy atom. The number of fused-ring (bicyclic) bond motifs is 2. The molecule has 8 heteroatoms. The minimum Gasteiger partial charge on any atom is -0.352 e. The lowest BCUT2D eigenvalue weighted by Crippen LogP contribution is -2.37. The van der Waals surface area contributed by atoms with Gasteiger partial charge >= 0.3 is 5.69 Å². The van der Waals surface area contributed by atoms with Crippen LogP contribution in [0, 0.1) is 0 Å². The Balaban J connectivity index is 1.64. The molecule has 0 bridgehead atoms. The number of carbonyl (C=O) groups excluding carboxylic acids is 1. The zero-order valence-corrected chi connectivity index (χ0v) is 16.1. The van der Waals surface area contributed by atoms with Gasteiger partial charge in [0.15, 0.2) is 5.82 Å². The Bertz CT molecular complexity index is 1070. The third-order valence-electron chi connectivity index (χ3n) is 5.23. The number of nitrogens with one attached hydrogen (secondary N) is 1. The Kier molecular flexibility index (Phi) is 4.85. The van der Waals surface area contributed by atoms with Crippen molar-refractivity contribution in [3.8, 4) is 0 Å². The number of anilines is 1. The first-order chi connectivity index (χ1) is 13.6. The smallest absolute Gasteiger partial charge is 0.350 e. The monoisotopic (exact) mass is 380 g/mol. The molecule has 0 aliphatic carbocycles. The second-order valence-electron chi connectivity index (χ2n) is 7.20. The Morgan fingerprint density at radius 2 is 2.07 bits per heavy atom. The molecule has 8 nitrogen and oxygen atoms in total. The summed E-state index contributed by atoms with van der Waals surface area (Å²) < 4.78 is 2.66. The average Bonchev–Trinajstić information content (AvgIpc) is 3.03. The average molecular weight is 380 g/mol. The third kappa shape index (κ3) is 3.37. The van der Waals surface area contributed by atoms with Crippen molar-refractivity contribution in [3.63, 3.8) is 0 Å². The molecule has 3 heterocycles. The topological polar surface area (TPSA) is 84.5 Å². The molecule has 0 saturated carbocycles. The van der Waals surface area contributed by atoms with Gasteiger partial charge in [0.1, 0.15) is 6.54 Å². The summed E-state index contributed by atoms with van der Waals surface area (Å²) in [4.78, 5) is 31.5. The van der Waals surface area contributed by atoms with Gasteiger partial charge in [0.25, 0.3) is 0 Å². The van der Waals surface area contributed by atoms with Crippen molar-refractivity contribution in [1.82, 2.24) is 24.5 Å². The predicted octanol–water partition coefficient (Wildman–Crippen LogP) is 1.37. The van der Waals surface area contributed by atoms with Crippen LogP contribution in [0.4, 0.5) is 5.82 Å². The first kappa shape index (κ1) is 18.2. The van der Waals surface area contributed by atoms with Crippen molar-refractivity contribution < 1.29 is 4.79 Å². The Hall–Kier alpha value is -3.16. The molecule has 1 aliphatic rings. The van der Waals surface area contributed by atoms with E-state index in [2.05, 4.69) is 38.5 Å². The fourth-order valence-corrected chi connectivity index (χ4v) is 3.50. The molecule has 0 unspecified atom stereocenters. The van der Waals surface area contributed by atoms with E-state index in [1.54, 1.807) is 12.4 Å². The third-order valence-corrected chi connectivity index (χ3v) is 5.23. The van der Waals surface area contributed by atoms with Gasteiger partial charge in [-0.05, 0) is 30.9 Å². The highest BCUT2D eigenvalue weighted by Crippen LogP contribution is 2.24. The van der Waals surface area contributed by atoms with Gasteiger partial charge in [0, 0.05) is 31.5 Å². The number of benzene rings is 1. The standard InChI is InChI=1S/C20H24N6O2/c1-3-14(2)22-17(27)13-26-20(28)25-11-9-21-18(19(25)23-26)24-10-8-15-6-4-5-7-16(15)12-24/h4-7,9,11,14H,3,8,10,12-13H2,1-2H3,(H,22,27)/t14-/m1/s1. The SMILES string of the molecule is CC[C@@H](C)NC(=O)Cn1nc2c(N3CCc4ccccc4C3)nccn2c1=O. The van der Waals surface area contributed by atoms with Crippen molar-refractivity contribution in [2.75, 3.05) is 11.4 Å². The predicted molar refractivity (Wildman–Crippen MR) is 106 cm³/mol. The van der Waals surface area contributed by atoms with E-state index in [9.17, 15) is 9.59 Å². The van der Waals surface area contributed by atoms with Gasteiger partial charge in [-0.3, -0.25) is 4.79 Å². The lowest BCUT2D eigenvalue weighted by molar-refractivity contribution is -0.122. The van der Waals surface area contributed by atoms with Crippen LogP contribution in [-0.2, 0) is 24.3 Å². The van der Waals surface area contributed by atoms with E-state index in [1.165, 1.54) is 20.2 Å². The maximum atomic E-state index is 12.7. The second kappa shape index (κ2) is 7.46. The van der Waals surface area contributed by atoms with Gasteiger partial charge in [0.05, 0.1) is 0 Å². The first-order valence-corrected chi connectivity index (χ1v) is 9.62. The minimum atomic E-state index is -0.338. The van der Waals surface area contributed by atoms with Crippen molar-refractivity contribution >= 4 is 17.4 Å². The van der Waals surface area contributed by atoms with Crippen LogP contribution in [0.25, 0.3) is 5.65 Å². The molecule has 3 aromatic rings. The van der Waals surface area contributed by atoms with E-state index in [1.807, 2.05) is 19.9 Å². The highest BCUT2D eigenvalue weighted by atomic mass is 16.2. The number of amides is 1. The van der Waals surface area contributed by atoms with E-state index in [0.717, 1.165) is 25.9 Å². The summed E-state index contributed by atoms with van der Waals surface area (Å²) in [5.74, 6) is 0.441. The molecule has 0 radical (unpaired) electrons. The molecule has 4 rings (SSSR count). The molecule has 1 aliphatic heterocycles. The number of rotatable bonds is 5. The highest BCUT2D eigenvalue weighted by molar-refractivity contribution is 5.76.